The Morgan fingerprint density at radius 2 is 0.490 bits per heavy atom. The monoisotopic (exact) mass is 1440 g/mol. The van der Waals surface area contributed by atoms with Gasteiger partial charge in [-0.1, -0.05) is 369 Å². The number of unbranched alkanes of at least 4 members (excludes halogenated alkanes) is 50. The SMILES string of the molecule is CCCCCCCCCCCCCCCCCCCC(=O)OC[C@H](COP(=O)(O)OC[C@@H](O)COP(=O)(O)OC[C@@H](COC(=O)CCCCCCCCCCC)OC(=O)CCCCCCCCCCCC)OC(=O)CCCCCCCCCCCCCCCCCCCCC(C)CC. The maximum absolute atomic E-state index is 13.1. The van der Waals surface area contributed by atoms with Crippen molar-refractivity contribution >= 4 is 39.5 Å². The molecule has 0 bridgehead atoms. The average Bonchev–Trinajstić information content (AvgIpc) is 1.57. The quantitative estimate of drug-likeness (QED) is 0.0222. The van der Waals surface area contributed by atoms with Gasteiger partial charge in [0.1, 0.15) is 19.3 Å². The number of aliphatic hydroxyl groups is 1. The lowest BCUT2D eigenvalue weighted by Gasteiger charge is -2.21. The molecule has 0 aliphatic heterocycles. The smallest absolute Gasteiger partial charge is 0.462 e. The summed E-state index contributed by atoms with van der Waals surface area (Å²) in [6, 6.07) is 0. The second-order valence-corrected chi connectivity index (χ2v) is 31.6. The molecule has 0 saturated carbocycles. The van der Waals surface area contributed by atoms with E-state index in [0.717, 1.165) is 95.8 Å². The third-order valence-electron chi connectivity index (χ3n) is 18.9. The van der Waals surface area contributed by atoms with Gasteiger partial charge in [-0.25, -0.2) is 9.13 Å². The summed E-state index contributed by atoms with van der Waals surface area (Å²) in [7, 11) is -9.91. The summed E-state index contributed by atoms with van der Waals surface area (Å²) in [5.41, 5.74) is 0. The summed E-state index contributed by atoms with van der Waals surface area (Å²) >= 11 is 0. The highest BCUT2D eigenvalue weighted by Gasteiger charge is 2.30. The number of phosphoric acid groups is 2. The lowest BCUT2D eigenvalue weighted by molar-refractivity contribution is -0.161. The van der Waals surface area contributed by atoms with Gasteiger partial charge in [0.25, 0.3) is 0 Å². The molecule has 0 aromatic heterocycles. The lowest BCUT2D eigenvalue weighted by Crippen LogP contribution is -2.30. The van der Waals surface area contributed by atoms with E-state index in [1.54, 1.807) is 0 Å². The van der Waals surface area contributed by atoms with E-state index in [9.17, 15) is 43.2 Å². The molecule has 3 N–H and O–H groups in total. The van der Waals surface area contributed by atoms with Crippen molar-refractivity contribution in [1.82, 2.24) is 0 Å². The van der Waals surface area contributed by atoms with Crippen molar-refractivity contribution in [2.45, 2.75) is 438 Å². The Kier molecular flexibility index (Phi) is 70.6. The number of carbonyl (C=O) groups is 4. The fourth-order valence-electron chi connectivity index (χ4n) is 12.2. The zero-order valence-electron chi connectivity index (χ0n) is 63.9. The Balaban J connectivity index is 5.17. The molecule has 19 heteroatoms. The molecule has 0 radical (unpaired) electrons. The van der Waals surface area contributed by atoms with Crippen molar-refractivity contribution in [1.29, 1.82) is 0 Å². The number of esters is 4. The molecule has 0 fully saturated rings. The zero-order valence-corrected chi connectivity index (χ0v) is 65.7. The van der Waals surface area contributed by atoms with Crippen LogP contribution in [-0.4, -0.2) is 96.7 Å². The van der Waals surface area contributed by atoms with Crippen LogP contribution in [0.2, 0.25) is 0 Å². The first-order chi connectivity index (χ1) is 47.6. The van der Waals surface area contributed by atoms with Crippen molar-refractivity contribution in [3.63, 3.8) is 0 Å². The molecule has 0 amide bonds. The van der Waals surface area contributed by atoms with Crippen LogP contribution in [0.15, 0.2) is 0 Å². The summed E-state index contributed by atoms with van der Waals surface area (Å²) in [4.78, 5) is 72.8. The zero-order chi connectivity index (χ0) is 71.9. The van der Waals surface area contributed by atoms with Crippen molar-refractivity contribution < 1.29 is 80.2 Å². The van der Waals surface area contributed by atoms with Gasteiger partial charge < -0.3 is 33.8 Å². The van der Waals surface area contributed by atoms with Crippen LogP contribution < -0.4 is 0 Å². The summed E-state index contributed by atoms with van der Waals surface area (Å²) < 4.78 is 68.5. The first-order valence-electron chi connectivity index (χ1n) is 41.2. The standard InChI is InChI=1S/C79H154O17P2/c1-6-10-13-16-19-22-24-25-26-29-33-36-39-44-48-53-58-63-77(82)90-69-75(96-79(84)65-60-55-50-45-40-37-34-31-28-27-30-32-35-38-42-46-51-56-61-72(5)9-4)71-94-98(87,88)92-67-73(80)66-91-97(85,86)93-70-74(68-89-76(81)62-57-52-47-41-21-18-15-12-8-3)95-78(83)64-59-54-49-43-23-20-17-14-11-7-2/h72-75,80H,6-71H2,1-5H3,(H,85,86)(H,87,88)/t72?,73-,74+,75+/m0/s1. The van der Waals surface area contributed by atoms with Gasteiger partial charge in [0.15, 0.2) is 12.2 Å². The van der Waals surface area contributed by atoms with E-state index in [2.05, 4.69) is 34.6 Å². The van der Waals surface area contributed by atoms with Crippen molar-refractivity contribution in [2.24, 2.45) is 5.92 Å². The van der Waals surface area contributed by atoms with Gasteiger partial charge in [-0.3, -0.25) is 37.3 Å². The molecule has 0 heterocycles. The van der Waals surface area contributed by atoms with Gasteiger partial charge in [0, 0.05) is 25.7 Å². The number of hydrogen-bond donors (Lipinski definition) is 3. The van der Waals surface area contributed by atoms with E-state index in [1.807, 2.05) is 0 Å². The summed E-state index contributed by atoms with van der Waals surface area (Å²) in [6.45, 7) is 7.35. The second kappa shape index (κ2) is 72.0. The number of phosphoric ester groups is 2. The van der Waals surface area contributed by atoms with Crippen LogP contribution in [0.1, 0.15) is 420 Å². The van der Waals surface area contributed by atoms with Crippen LogP contribution in [0, 0.1) is 5.92 Å². The van der Waals surface area contributed by atoms with Gasteiger partial charge in [0.2, 0.25) is 0 Å². The number of ether oxygens (including phenoxy) is 4. The Hall–Kier alpha value is -1.94. The van der Waals surface area contributed by atoms with Crippen molar-refractivity contribution in [3.05, 3.63) is 0 Å². The molecule has 0 aliphatic carbocycles. The van der Waals surface area contributed by atoms with Crippen molar-refractivity contribution in [2.75, 3.05) is 39.6 Å². The van der Waals surface area contributed by atoms with Gasteiger partial charge in [-0.05, 0) is 31.6 Å². The molecule has 0 saturated heterocycles. The van der Waals surface area contributed by atoms with Gasteiger partial charge in [-0.2, -0.15) is 0 Å². The predicted molar refractivity (Wildman–Crippen MR) is 400 cm³/mol. The fraction of sp³-hybridized carbons (Fsp3) is 0.949. The Bertz CT molecular complexity index is 1880. The number of rotatable bonds is 79. The minimum absolute atomic E-state index is 0.107. The lowest BCUT2D eigenvalue weighted by atomic mass is 9.99. The first-order valence-corrected chi connectivity index (χ1v) is 44.2. The molecular formula is C79H154O17P2. The molecular weight excluding hydrogens is 1280 g/mol. The molecule has 0 spiro atoms. The van der Waals surface area contributed by atoms with E-state index in [1.165, 1.54) is 244 Å². The Morgan fingerprint density at radius 3 is 0.724 bits per heavy atom. The maximum Gasteiger partial charge on any atom is 0.472 e. The molecule has 0 aromatic carbocycles. The molecule has 0 aliphatic rings. The van der Waals surface area contributed by atoms with Crippen LogP contribution in [0.25, 0.3) is 0 Å². The van der Waals surface area contributed by atoms with Crippen LogP contribution in [0.3, 0.4) is 0 Å². The highest BCUT2D eigenvalue weighted by Crippen LogP contribution is 2.45. The van der Waals surface area contributed by atoms with Crippen LogP contribution in [0.5, 0.6) is 0 Å². The summed E-state index contributed by atoms with van der Waals surface area (Å²) in [5.74, 6) is -1.24. The van der Waals surface area contributed by atoms with Crippen LogP contribution >= 0.6 is 15.6 Å². The van der Waals surface area contributed by atoms with E-state index < -0.39 is 97.5 Å². The fourth-order valence-corrected chi connectivity index (χ4v) is 13.8. The minimum Gasteiger partial charge on any atom is -0.462 e. The molecule has 17 nitrogen and oxygen atoms in total. The van der Waals surface area contributed by atoms with Gasteiger partial charge in [-0.15, -0.1) is 0 Å². The van der Waals surface area contributed by atoms with E-state index in [-0.39, 0.29) is 25.7 Å². The molecule has 3 unspecified atom stereocenters. The molecule has 98 heavy (non-hydrogen) atoms. The maximum atomic E-state index is 13.1. The van der Waals surface area contributed by atoms with E-state index >= 15 is 0 Å². The van der Waals surface area contributed by atoms with Gasteiger partial charge in [0.05, 0.1) is 26.4 Å². The molecule has 6 atom stereocenters. The summed E-state index contributed by atoms with van der Waals surface area (Å²) in [5, 5.41) is 10.6. The normalized spacial score (nSPS) is 14.2. The van der Waals surface area contributed by atoms with E-state index in [0.29, 0.717) is 25.7 Å². The van der Waals surface area contributed by atoms with Crippen LogP contribution in [-0.2, 0) is 65.4 Å². The largest absolute Gasteiger partial charge is 0.472 e. The third-order valence-corrected chi connectivity index (χ3v) is 20.8. The average molecular weight is 1440 g/mol. The number of carbonyl (C=O) groups excluding carboxylic acids is 4. The van der Waals surface area contributed by atoms with Crippen LogP contribution in [0.4, 0.5) is 0 Å². The number of aliphatic hydroxyl groups excluding tert-OH is 1. The molecule has 0 aromatic rings. The molecule has 582 valence electrons. The minimum atomic E-state index is -4.96. The van der Waals surface area contributed by atoms with Crippen molar-refractivity contribution in [3.8, 4) is 0 Å². The van der Waals surface area contributed by atoms with E-state index in [4.69, 9.17) is 37.0 Å². The predicted octanol–water partition coefficient (Wildman–Crippen LogP) is 23.6. The molecule has 0 rings (SSSR count). The summed E-state index contributed by atoms with van der Waals surface area (Å²) in [6.07, 6.45) is 62.5. The number of hydrogen-bond acceptors (Lipinski definition) is 15. The topological polar surface area (TPSA) is 237 Å². The highest BCUT2D eigenvalue weighted by atomic mass is 31.2. The first kappa shape index (κ1) is 96.1. The Morgan fingerprint density at radius 1 is 0.286 bits per heavy atom. The van der Waals surface area contributed by atoms with Gasteiger partial charge >= 0.3 is 39.5 Å². The highest BCUT2D eigenvalue weighted by molar-refractivity contribution is 7.47. The second-order valence-electron chi connectivity index (χ2n) is 28.7. The third kappa shape index (κ3) is 71.1. The Labute approximate surface area is 600 Å².